The molecule has 4 nitrogen and oxygen atoms in total. The smallest absolute Gasteiger partial charge is 0.296 e. The Bertz CT molecular complexity index is 311. The molecule has 0 aliphatic heterocycles. The highest BCUT2D eigenvalue weighted by Crippen LogP contribution is 2.29. The fourth-order valence-corrected chi connectivity index (χ4v) is 1.66. The first-order valence-corrected chi connectivity index (χ1v) is 5.73. The first-order valence-electron chi connectivity index (χ1n) is 4.60. The number of ketones is 1. The minimum atomic E-state index is -2.77. The van der Waals surface area contributed by atoms with Gasteiger partial charge in [0, 0.05) is 16.9 Å². The molecular weight excluding hydrogens is 215 g/mol. The molecule has 0 amide bonds. The zero-order valence-corrected chi connectivity index (χ0v) is 10.3. The van der Waals surface area contributed by atoms with Crippen LogP contribution in [0, 0.1) is 17.8 Å². The van der Waals surface area contributed by atoms with E-state index in [0.29, 0.717) is 6.42 Å². The molecule has 0 saturated carbocycles. The highest BCUT2D eigenvalue weighted by molar-refractivity contribution is 7.32. The van der Waals surface area contributed by atoms with Gasteiger partial charge in [0.05, 0.1) is 0 Å². The lowest BCUT2D eigenvalue weighted by Gasteiger charge is -2.18. The molecule has 2 atom stereocenters. The van der Waals surface area contributed by atoms with E-state index < -0.39 is 13.9 Å². The molecule has 0 heterocycles. The van der Waals surface area contributed by atoms with Crippen LogP contribution in [0.1, 0.15) is 34.1 Å². The largest absolute Gasteiger partial charge is 0.695 e. The molecule has 0 spiro atoms. The molecule has 0 bridgehead atoms. The van der Waals surface area contributed by atoms with Gasteiger partial charge in [0.2, 0.25) is 0 Å². The summed E-state index contributed by atoms with van der Waals surface area (Å²) in [4.78, 5) is 20.4. The summed E-state index contributed by atoms with van der Waals surface area (Å²) in [5.74, 6) is 4.97. The topological polar surface area (TPSA) is 63.6 Å². The van der Waals surface area contributed by atoms with Crippen LogP contribution in [0.2, 0.25) is 0 Å². The quantitative estimate of drug-likeness (QED) is 0.581. The maximum absolute atomic E-state index is 11.8. The summed E-state index contributed by atoms with van der Waals surface area (Å²) in [7, 11) is -2.77. The van der Waals surface area contributed by atoms with E-state index in [1.165, 1.54) is 13.8 Å². The highest BCUT2D eigenvalue weighted by atomic mass is 31.1. The van der Waals surface area contributed by atoms with Crippen LogP contribution in [0.15, 0.2) is 0 Å². The van der Waals surface area contributed by atoms with Crippen molar-refractivity contribution in [1.29, 1.82) is 0 Å². The van der Waals surface area contributed by atoms with Gasteiger partial charge in [-0.1, -0.05) is 6.92 Å². The van der Waals surface area contributed by atoms with Gasteiger partial charge < -0.3 is 0 Å². The van der Waals surface area contributed by atoms with Crippen molar-refractivity contribution in [3.8, 4) is 11.8 Å². The number of carbonyl (C=O) groups is 1. The second kappa shape index (κ2) is 5.97. The predicted molar refractivity (Wildman–Crippen MR) is 57.2 cm³/mol. The normalized spacial score (nSPS) is 13.8. The van der Waals surface area contributed by atoms with Gasteiger partial charge in [-0.25, -0.2) is 0 Å². The molecule has 0 aromatic heterocycles. The van der Waals surface area contributed by atoms with E-state index in [1.54, 1.807) is 13.8 Å². The molecular formula is C10H16O4P+. The number of Topliss-reactive ketones (excluding diaryl/α,β-unsaturated/α-hetero) is 1. The number of carbonyl (C=O) groups excluding carboxylic acids is 1. The first-order chi connectivity index (χ1) is 6.81. The molecule has 0 aromatic carbocycles. The summed E-state index contributed by atoms with van der Waals surface area (Å²) >= 11 is 0. The van der Waals surface area contributed by atoms with Gasteiger partial charge in [0.25, 0.3) is 0 Å². The maximum Gasteiger partial charge on any atom is 0.695 e. The van der Waals surface area contributed by atoms with Gasteiger partial charge in [0.1, 0.15) is 0 Å². The fourth-order valence-electron chi connectivity index (χ4n) is 1.18. The monoisotopic (exact) mass is 231 g/mol. The van der Waals surface area contributed by atoms with Crippen molar-refractivity contribution in [3.63, 3.8) is 0 Å². The molecule has 0 radical (unpaired) electrons. The third kappa shape index (κ3) is 5.03. The average molecular weight is 231 g/mol. The van der Waals surface area contributed by atoms with Gasteiger partial charge in [-0.15, -0.1) is 21.3 Å². The lowest BCUT2D eigenvalue weighted by molar-refractivity contribution is -0.135. The van der Waals surface area contributed by atoms with E-state index in [9.17, 15) is 9.36 Å². The summed E-state index contributed by atoms with van der Waals surface area (Å²) in [6.45, 7) is 6.38. The van der Waals surface area contributed by atoms with Crippen molar-refractivity contribution >= 4 is 14.0 Å². The first kappa shape index (κ1) is 14.2. The standard InChI is InChI=1S/C10H15O4P/c1-5-6-7-8(2)9(11)10(3,4)14-15(12)13/h8H,7H2,1-4H3/p+1. The Morgan fingerprint density at radius 3 is 2.53 bits per heavy atom. The lowest BCUT2D eigenvalue weighted by atomic mass is 9.91. The van der Waals surface area contributed by atoms with Gasteiger partial charge in [-0.2, -0.15) is 0 Å². The Balaban J connectivity index is 4.51. The second-order valence-electron chi connectivity index (χ2n) is 3.74. The molecule has 84 valence electrons. The minimum Gasteiger partial charge on any atom is -0.296 e. The summed E-state index contributed by atoms with van der Waals surface area (Å²) in [6.07, 6.45) is 0.435. The van der Waals surface area contributed by atoms with Crippen molar-refractivity contribution < 1.29 is 18.8 Å². The van der Waals surface area contributed by atoms with Crippen LogP contribution >= 0.6 is 8.25 Å². The van der Waals surface area contributed by atoms with E-state index in [2.05, 4.69) is 16.4 Å². The van der Waals surface area contributed by atoms with Crippen LogP contribution in [0.5, 0.6) is 0 Å². The maximum atomic E-state index is 11.8. The zero-order valence-electron chi connectivity index (χ0n) is 9.40. The van der Waals surface area contributed by atoms with Crippen LogP contribution < -0.4 is 0 Å². The van der Waals surface area contributed by atoms with Crippen LogP contribution in [0.3, 0.4) is 0 Å². The van der Waals surface area contributed by atoms with Gasteiger partial charge in [-0.05, 0) is 20.8 Å². The third-order valence-corrected chi connectivity index (χ3v) is 2.54. The van der Waals surface area contributed by atoms with Crippen molar-refractivity contribution in [3.05, 3.63) is 0 Å². The van der Waals surface area contributed by atoms with Gasteiger partial charge in [0.15, 0.2) is 11.4 Å². The molecule has 2 unspecified atom stereocenters. The van der Waals surface area contributed by atoms with Crippen LogP contribution in [-0.2, 0) is 13.9 Å². The summed E-state index contributed by atoms with van der Waals surface area (Å²) in [5.41, 5.74) is -1.24. The summed E-state index contributed by atoms with van der Waals surface area (Å²) < 4.78 is 15.2. The Morgan fingerprint density at radius 1 is 1.60 bits per heavy atom. The van der Waals surface area contributed by atoms with E-state index in [0.717, 1.165) is 0 Å². The molecule has 0 saturated heterocycles. The highest BCUT2D eigenvalue weighted by Gasteiger charge is 2.40. The lowest BCUT2D eigenvalue weighted by Crippen LogP contribution is -2.37. The number of rotatable bonds is 5. The minimum absolute atomic E-state index is 0.220. The van der Waals surface area contributed by atoms with E-state index in [1.807, 2.05) is 0 Å². The van der Waals surface area contributed by atoms with Gasteiger partial charge in [-0.3, -0.25) is 4.79 Å². The molecule has 0 aliphatic rings. The Morgan fingerprint density at radius 2 is 2.13 bits per heavy atom. The Labute approximate surface area is 91.0 Å². The molecule has 0 aromatic rings. The van der Waals surface area contributed by atoms with Crippen molar-refractivity contribution in [2.24, 2.45) is 5.92 Å². The Kier molecular flexibility index (Phi) is 5.67. The van der Waals surface area contributed by atoms with E-state index in [4.69, 9.17) is 4.89 Å². The number of hydrogen-bond donors (Lipinski definition) is 1. The molecule has 1 N–H and O–H groups in total. The van der Waals surface area contributed by atoms with Crippen molar-refractivity contribution in [2.75, 3.05) is 0 Å². The van der Waals surface area contributed by atoms with Crippen molar-refractivity contribution in [1.82, 2.24) is 0 Å². The molecule has 15 heavy (non-hydrogen) atoms. The van der Waals surface area contributed by atoms with Crippen LogP contribution in [-0.4, -0.2) is 16.3 Å². The SMILES string of the molecule is CC#CCC(C)C(=O)C(C)(C)O[P+](=O)O. The molecule has 0 aliphatic carbocycles. The zero-order chi connectivity index (χ0) is 12.1. The van der Waals surface area contributed by atoms with E-state index in [-0.39, 0.29) is 11.7 Å². The molecule has 0 fully saturated rings. The summed E-state index contributed by atoms with van der Waals surface area (Å²) in [5, 5.41) is 0. The molecule has 0 rings (SSSR count). The van der Waals surface area contributed by atoms with Crippen molar-refractivity contribution in [2.45, 2.75) is 39.7 Å². The third-order valence-electron chi connectivity index (χ3n) is 1.93. The van der Waals surface area contributed by atoms with E-state index >= 15 is 0 Å². The second-order valence-corrected chi connectivity index (χ2v) is 4.39. The van der Waals surface area contributed by atoms with Crippen LogP contribution in [0.4, 0.5) is 0 Å². The predicted octanol–water partition coefficient (Wildman–Crippen LogP) is 2.05. The number of hydrogen-bond acceptors (Lipinski definition) is 3. The Hall–Kier alpha value is -0.750. The van der Waals surface area contributed by atoms with Gasteiger partial charge >= 0.3 is 8.25 Å². The summed E-state index contributed by atoms with van der Waals surface area (Å²) in [6, 6.07) is 0. The molecule has 5 heteroatoms. The average Bonchev–Trinajstić information content (AvgIpc) is 2.10. The fraction of sp³-hybridized carbons (Fsp3) is 0.700. The van der Waals surface area contributed by atoms with Crippen LogP contribution in [0.25, 0.3) is 0 Å².